The molecule has 3 rings (SSSR count). The normalized spacial score (nSPS) is 19.4. The fraction of sp³-hybridized carbons (Fsp3) is 0.571. The first-order valence-electron chi connectivity index (χ1n) is 10.1. The number of aliphatic carboxylic acids is 1. The van der Waals surface area contributed by atoms with Crippen molar-refractivity contribution in [3.63, 3.8) is 0 Å². The molecule has 1 atom stereocenters. The van der Waals surface area contributed by atoms with Crippen molar-refractivity contribution < 1.29 is 19.5 Å². The molecule has 1 aliphatic carbocycles. The Morgan fingerprint density at radius 1 is 1.04 bits per heavy atom. The molecule has 0 spiro atoms. The summed E-state index contributed by atoms with van der Waals surface area (Å²) in [5.74, 6) is -1.60. The highest BCUT2D eigenvalue weighted by Crippen LogP contribution is 2.24. The van der Waals surface area contributed by atoms with E-state index in [9.17, 15) is 19.5 Å². The van der Waals surface area contributed by atoms with Crippen LogP contribution in [-0.4, -0.2) is 71.0 Å². The summed E-state index contributed by atoms with van der Waals surface area (Å²) < 4.78 is 0. The molecule has 1 aliphatic heterocycles. The second-order valence-corrected chi connectivity index (χ2v) is 7.62. The Kier molecular flexibility index (Phi) is 7.03. The number of nitrogens with one attached hydrogen (secondary N) is 1. The van der Waals surface area contributed by atoms with Crippen molar-refractivity contribution in [2.24, 2.45) is 0 Å². The zero-order valence-corrected chi connectivity index (χ0v) is 16.2. The van der Waals surface area contributed by atoms with Crippen molar-refractivity contribution in [3.8, 4) is 0 Å². The van der Waals surface area contributed by atoms with Gasteiger partial charge in [-0.15, -0.1) is 0 Å². The van der Waals surface area contributed by atoms with Gasteiger partial charge in [-0.25, -0.2) is 4.79 Å². The SMILES string of the molecule is O=C(N[C@@H](CCC(=O)N1CCN(C2CCCC2)CC1)C(=O)O)c1ccccc1. The van der Waals surface area contributed by atoms with E-state index >= 15 is 0 Å². The zero-order chi connectivity index (χ0) is 19.9. The lowest BCUT2D eigenvalue weighted by atomic mass is 10.1. The second-order valence-electron chi connectivity index (χ2n) is 7.62. The topological polar surface area (TPSA) is 90.0 Å². The number of carbonyl (C=O) groups excluding carboxylic acids is 2. The number of carboxylic acids is 1. The molecule has 7 heteroatoms. The van der Waals surface area contributed by atoms with E-state index in [1.807, 2.05) is 4.90 Å². The lowest BCUT2D eigenvalue weighted by Gasteiger charge is -2.38. The minimum Gasteiger partial charge on any atom is -0.480 e. The number of benzene rings is 1. The quantitative estimate of drug-likeness (QED) is 0.744. The van der Waals surface area contributed by atoms with E-state index in [0.717, 1.165) is 13.1 Å². The summed E-state index contributed by atoms with van der Waals surface area (Å²) >= 11 is 0. The number of piperazine rings is 1. The van der Waals surface area contributed by atoms with Crippen molar-refractivity contribution in [1.82, 2.24) is 15.1 Å². The van der Waals surface area contributed by atoms with Crippen LogP contribution in [0.5, 0.6) is 0 Å². The Morgan fingerprint density at radius 2 is 1.68 bits per heavy atom. The summed E-state index contributed by atoms with van der Waals surface area (Å²) in [4.78, 5) is 40.5. The van der Waals surface area contributed by atoms with Crippen molar-refractivity contribution in [1.29, 1.82) is 0 Å². The first-order valence-corrected chi connectivity index (χ1v) is 10.1. The number of carboxylic acid groups (broad SMARTS) is 1. The molecule has 1 aromatic rings. The van der Waals surface area contributed by atoms with Gasteiger partial charge in [0.15, 0.2) is 0 Å². The zero-order valence-electron chi connectivity index (χ0n) is 16.2. The van der Waals surface area contributed by atoms with Crippen LogP contribution in [0.4, 0.5) is 0 Å². The van der Waals surface area contributed by atoms with Crippen LogP contribution in [0.25, 0.3) is 0 Å². The third-order valence-corrected chi connectivity index (χ3v) is 5.79. The second kappa shape index (κ2) is 9.68. The van der Waals surface area contributed by atoms with Crippen LogP contribution in [0, 0.1) is 0 Å². The first kappa shape index (κ1) is 20.3. The summed E-state index contributed by atoms with van der Waals surface area (Å²) in [7, 11) is 0. The highest BCUT2D eigenvalue weighted by molar-refractivity contribution is 5.96. The van der Waals surface area contributed by atoms with E-state index in [1.165, 1.54) is 25.7 Å². The predicted molar refractivity (Wildman–Crippen MR) is 105 cm³/mol. The van der Waals surface area contributed by atoms with Gasteiger partial charge in [0.25, 0.3) is 5.91 Å². The van der Waals surface area contributed by atoms with E-state index in [4.69, 9.17) is 0 Å². The lowest BCUT2D eigenvalue weighted by Crippen LogP contribution is -2.51. The Hall–Kier alpha value is -2.41. The van der Waals surface area contributed by atoms with E-state index < -0.39 is 17.9 Å². The third kappa shape index (κ3) is 5.32. The molecule has 152 valence electrons. The summed E-state index contributed by atoms with van der Waals surface area (Å²) in [5, 5.41) is 11.9. The average Bonchev–Trinajstić information content (AvgIpc) is 3.26. The van der Waals surface area contributed by atoms with Crippen molar-refractivity contribution in [2.75, 3.05) is 26.2 Å². The summed E-state index contributed by atoms with van der Waals surface area (Å²) in [5.41, 5.74) is 0.406. The van der Waals surface area contributed by atoms with E-state index in [0.29, 0.717) is 24.7 Å². The number of hydrogen-bond acceptors (Lipinski definition) is 4. The standard InChI is InChI=1S/C21H29N3O4/c25-19(24-14-12-23(13-15-24)17-8-4-5-9-17)11-10-18(21(27)28)22-20(26)16-6-2-1-3-7-16/h1-3,6-7,17-18H,4-5,8-15H2,(H,22,26)(H,27,28)/t18-/m0/s1. The Bertz CT molecular complexity index is 680. The van der Waals surface area contributed by atoms with Gasteiger partial charge in [0.1, 0.15) is 6.04 Å². The molecule has 2 aliphatic rings. The van der Waals surface area contributed by atoms with Gasteiger partial charge < -0.3 is 15.3 Å². The summed E-state index contributed by atoms with van der Waals surface area (Å²) in [6.45, 7) is 3.18. The van der Waals surface area contributed by atoms with E-state index in [2.05, 4.69) is 10.2 Å². The molecule has 1 aromatic carbocycles. The molecule has 7 nitrogen and oxygen atoms in total. The highest BCUT2D eigenvalue weighted by Gasteiger charge is 2.29. The lowest BCUT2D eigenvalue weighted by molar-refractivity contribution is -0.140. The molecular weight excluding hydrogens is 358 g/mol. The molecule has 28 heavy (non-hydrogen) atoms. The molecule has 1 saturated heterocycles. The molecule has 2 fully saturated rings. The van der Waals surface area contributed by atoms with Gasteiger partial charge in [-0.2, -0.15) is 0 Å². The van der Waals surface area contributed by atoms with Crippen LogP contribution in [0.2, 0.25) is 0 Å². The first-order chi connectivity index (χ1) is 13.5. The molecule has 1 heterocycles. The Morgan fingerprint density at radius 3 is 2.29 bits per heavy atom. The van der Waals surface area contributed by atoms with E-state index in [-0.39, 0.29) is 18.7 Å². The van der Waals surface area contributed by atoms with Crippen LogP contribution in [0.3, 0.4) is 0 Å². The minimum atomic E-state index is -1.12. The smallest absolute Gasteiger partial charge is 0.326 e. The van der Waals surface area contributed by atoms with Gasteiger partial charge in [-0.3, -0.25) is 14.5 Å². The van der Waals surface area contributed by atoms with Crippen LogP contribution in [-0.2, 0) is 9.59 Å². The Labute approximate surface area is 165 Å². The maximum absolute atomic E-state index is 12.5. The number of carbonyl (C=O) groups is 3. The number of rotatable bonds is 7. The fourth-order valence-corrected chi connectivity index (χ4v) is 4.12. The molecule has 0 aromatic heterocycles. The van der Waals surface area contributed by atoms with Gasteiger partial charge in [-0.05, 0) is 31.4 Å². The van der Waals surface area contributed by atoms with Gasteiger partial charge in [0.2, 0.25) is 5.91 Å². The summed E-state index contributed by atoms with van der Waals surface area (Å²) in [6.07, 6.45) is 5.33. The fourth-order valence-electron chi connectivity index (χ4n) is 4.12. The largest absolute Gasteiger partial charge is 0.480 e. The van der Waals surface area contributed by atoms with Crippen LogP contribution < -0.4 is 5.32 Å². The highest BCUT2D eigenvalue weighted by atomic mass is 16.4. The van der Waals surface area contributed by atoms with Crippen LogP contribution in [0.15, 0.2) is 30.3 Å². The van der Waals surface area contributed by atoms with Gasteiger partial charge in [0.05, 0.1) is 0 Å². The average molecular weight is 387 g/mol. The van der Waals surface area contributed by atoms with Crippen molar-refractivity contribution in [2.45, 2.75) is 50.6 Å². The minimum absolute atomic E-state index is 0.0358. The molecule has 2 N–H and O–H groups in total. The number of nitrogens with zero attached hydrogens (tertiary/aromatic N) is 2. The molecule has 0 unspecified atom stereocenters. The molecule has 0 radical (unpaired) electrons. The van der Waals surface area contributed by atoms with Crippen molar-refractivity contribution >= 4 is 17.8 Å². The third-order valence-electron chi connectivity index (χ3n) is 5.79. The van der Waals surface area contributed by atoms with Gasteiger partial charge in [0, 0.05) is 44.2 Å². The van der Waals surface area contributed by atoms with Gasteiger partial charge in [-0.1, -0.05) is 31.0 Å². The number of amides is 2. The Balaban J connectivity index is 1.45. The maximum Gasteiger partial charge on any atom is 0.326 e. The van der Waals surface area contributed by atoms with Crippen LogP contribution >= 0.6 is 0 Å². The van der Waals surface area contributed by atoms with Crippen LogP contribution in [0.1, 0.15) is 48.9 Å². The van der Waals surface area contributed by atoms with E-state index in [1.54, 1.807) is 30.3 Å². The number of hydrogen-bond donors (Lipinski definition) is 2. The van der Waals surface area contributed by atoms with Gasteiger partial charge >= 0.3 is 5.97 Å². The van der Waals surface area contributed by atoms with Crippen molar-refractivity contribution in [3.05, 3.63) is 35.9 Å². The molecule has 0 bridgehead atoms. The maximum atomic E-state index is 12.5. The monoisotopic (exact) mass is 387 g/mol. The molecular formula is C21H29N3O4. The predicted octanol–water partition coefficient (Wildman–Crippen LogP) is 1.74. The molecule has 1 saturated carbocycles. The summed E-state index contributed by atoms with van der Waals surface area (Å²) in [6, 6.07) is 8.08. The molecule has 2 amide bonds.